The molecule has 86 valence electrons. The Hall–Kier alpha value is -0.0800. The monoisotopic (exact) mass is 201 g/mol. The fraction of sp³-hybridized carbons (Fsp3) is 1.00. The Morgan fingerprint density at radius 2 is 1.86 bits per heavy atom. The topological polar surface area (TPSA) is 21.3 Å². The summed E-state index contributed by atoms with van der Waals surface area (Å²) >= 11 is 0. The van der Waals surface area contributed by atoms with Gasteiger partial charge in [0.2, 0.25) is 0 Å². The SMILES string of the molecule is CCCC(C)NCCCCOC(C)C. The molecule has 0 aromatic carbocycles. The molecule has 14 heavy (non-hydrogen) atoms. The van der Waals surface area contributed by atoms with Gasteiger partial charge in [-0.05, 0) is 46.6 Å². The second kappa shape index (κ2) is 9.47. The molecule has 0 aromatic rings. The van der Waals surface area contributed by atoms with Crippen molar-refractivity contribution in [2.24, 2.45) is 0 Å². The maximum atomic E-state index is 5.47. The van der Waals surface area contributed by atoms with Gasteiger partial charge in [0.15, 0.2) is 0 Å². The highest BCUT2D eigenvalue weighted by Gasteiger charge is 1.98. The van der Waals surface area contributed by atoms with E-state index in [4.69, 9.17) is 4.74 Å². The highest BCUT2D eigenvalue weighted by atomic mass is 16.5. The summed E-state index contributed by atoms with van der Waals surface area (Å²) in [7, 11) is 0. The highest BCUT2D eigenvalue weighted by Crippen LogP contribution is 1.97. The van der Waals surface area contributed by atoms with Crippen molar-refractivity contribution in [3.05, 3.63) is 0 Å². The van der Waals surface area contributed by atoms with Crippen LogP contribution in [0.1, 0.15) is 53.4 Å². The van der Waals surface area contributed by atoms with E-state index in [1.54, 1.807) is 0 Å². The molecule has 0 radical (unpaired) electrons. The predicted octanol–water partition coefficient (Wildman–Crippen LogP) is 2.97. The molecule has 0 rings (SSSR count). The lowest BCUT2D eigenvalue weighted by atomic mass is 10.2. The van der Waals surface area contributed by atoms with Crippen LogP contribution in [0.4, 0.5) is 0 Å². The molecule has 0 aliphatic rings. The Balaban J connectivity index is 3.05. The lowest BCUT2D eigenvalue weighted by Crippen LogP contribution is -2.26. The number of unbranched alkanes of at least 4 members (excludes halogenated alkanes) is 1. The fourth-order valence-electron chi connectivity index (χ4n) is 1.43. The van der Waals surface area contributed by atoms with Gasteiger partial charge in [0.1, 0.15) is 0 Å². The van der Waals surface area contributed by atoms with Crippen molar-refractivity contribution < 1.29 is 4.74 Å². The molecule has 0 fully saturated rings. The number of nitrogens with one attached hydrogen (secondary N) is 1. The number of ether oxygens (including phenoxy) is 1. The second-order valence-electron chi connectivity index (χ2n) is 4.27. The van der Waals surface area contributed by atoms with E-state index in [-0.39, 0.29) is 0 Å². The van der Waals surface area contributed by atoms with Gasteiger partial charge in [-0.1, -0.05) is 13.3 Å². The van der Waals surface area contributed by atoms with Gasteiger partial charge in [0.05, 0.1) is 6.10 Å². The van der Waals surface area contributed by atoms with Gasteiger partial charge in [0, 0.05) is 12.6 Å². The van der Waals surface area contributed by atoms with Crippen molar-refractivity contribution in [1.29, 1.82) is 0 Å². The first kappa shape index (κ1) is 13.9. The molecule has 0 spiro atoms. The summed E-state index contributed by atoms with van der Waals surface area (Å²) in [4.78, 5) is 0. The maximum Gasteiger partial charge on any atom is 0.0518 e. The molecule has 0 amide bonds. The van der Waals surface area contributed by atoms with E-state index in [1.165, 1.54) is 25.7 Å². The smallest absolute Gasteiger partial charge is 0.0518 e. The first-order valence-corrected chi connectivity index (χ1v) is 6.01. The highest BCUT2D eigenvalue weighted by molar-refractivity contribution is 4.59. The lowest BCUT2D eigenvalue weighted by Gasteiger charge is -2.12. The summed E-state index contributed by atoms with van der Waals surface area (Å²) in [6.45, 7) is 10.7. The van der Waals surface area contributed by atoms with E-state index in [0.717, 1.165) is 13.2 Å². The van der Waals surface area contributed by atoms with Crippen molar-refractivity contribution in [1.82, 2.24) is 5.32 Å². The quantitative estimate of drug-likeness (QED) is 0.579. The lowest BCUT2D eigenvalue weighted by molar-refractivity contribution is 0.0759. The van der Waals surface area contributed by atoms with E-state index < -0.39 is 0 Å². The van der Waals surface area contributed by atoms with E-state index in [9.17, 15) is 0 Å². The zero-order valence-electron chi connectivity index (χ0n) is 10.3. The van der Waals surface area contributed by atoms with Crippen LogP contribution < -0.4 is 5.32 Å². The molecule has 0 saturated carbocycles. The van der Waals surface area contributed by atoms with Crippen molar-refractivity contribution in [2.45, 2.75) is 65.5 Å². The summed E-state index contributed by atoms with van der Waals surface area (Å²) in [5.74, 6) is 0. The van der Waals surface area contributed by atoms with Crippen molar-refractivity contribution in [3.8, 4) is 0 Å². The summed E-state index contributed by atoms with van der Waals surface area (Å²) in [5, 5.41) is 3.52. The van der Waals surface area contributed by atoms with Crippen LogP contribution in [0.25, 0.3) is 0 Å². The molecule has 2 nitrogen and oxygen atoms in total. The minimum absolute atomic E-state index is 0.377. The van der Waals surface area contributed by atoms with Crippen LogP contribution in [-0.4, -0.2) is 25.3 Å². The summed E-state index contributed by atoms with van der Waals surface area (Å²) < 4.78 is 5.47. The summed E-state index contributed by atoms with van der Waals surface area (Å²) in [5.41, 5.74) is 0. The average Bonchev–Trinajstić information content (AvgIpc) is 2.11. The maximum absolute atomic E-state index is 5.47. The summed E-state index contributed by atoms with van der Waals surface area (Å²) in [6, 6.07) is 0.672. The van der Waals surface area contributed by atoms with E-state index >= 15 is 0 Å². The normalized spacial score (nSPS) is 13.5. The molecule has 1 atom stereocenters. The van der Waals surface area contributed by atoms with Gasteiger partial charge in [0.25, 0.3) is 0 Å². The Labute approximate surface area is 89.4 Å². The van der Waals surface area contributed by atoms with E-state index in [1.807, 2.05) is 0 Å². The third kappa shape index (κ3) is 10.0. The first-order chi connectivity index (χ1) is 6.66. The Morgan fingerprint density at radius 1 is 1.14 bits per heavy atom. The van der Waals surface area contributed by atoms with Crippen molar-refractivity contribution in [2.75, 3.05) is 13.2 Å². The molecule has 0 aliphatic carbocycles. The van der Waals surface area contributed by atoms with E-state index in [2.05, 4.69) is 33.0 Å². The fourth-order valence-corrected chi connectivity index (χ4v) is 1.43. The Kier molecular flexibility index (Phi) is 9.42. The molecule has 1 unspecified atom stereocenters. The van der Waals surface area contributed by atoms with Crippen molar-refractivity contribution in [3.63, 3.8) is 0 Å². The molecule has 2 heteroatoms. The predicted molar refractivity (Wildman–Crippen MR) is 62.7 cm³/mol. The number of hydrogen-bond acceptors (Lipinski definition) is 2. The standard InChI is InChI=1S/C12H27NO/c1-5-8-12(4)13-9-6-7-10-14-11(2)3/h11-13H,5-10H2,1-4H3. The molecule has 0 aliphatic heterocycles. The van der Waals surface area contributed by atoms with Crippen LogP contribution in [0, 0.1) is 0 Å². The molecule has 0 heterocycles. The molecular formula is C12H27NO. The van der Waals surface area contributed by atoms with Crippen LogP contribution >= 0.6 is 0 Å². The zero-order chi connectivity index (χ0) is 10.8. The van der Waals surface area contributed by atoms with Gasteiger partial charge < -0.3 is 10.1 Å². The summed E-state index contributed by atoms with van der Waals surface area (Å²) in [6.07, 6.45) is 5.32. The molecule has 1 N–H and O–H groups in total. The van der Waals surface area contributed by atoms with Crippen LogP contribution in [0.3, 0.4) is 0 Å². The molecule has 0 bridgehead atoms. The number of hydrogen-bond donors (Lipinski definition) is 1. The van der Waals surface area contributed by atoms with Crippen LogP contribution in [-0.2, 0) is 4.74 Å². The van der Waals surface area contributed by atoms with Gasteiger partial charge in [-0.3, -0.25) is 0 Å². The van der Waals surface area contributed by atoms with Crippen LogP contribution in [0.5, 0.6) is 0 Å². The molecule has 0 aromatic heterocycles. The van der Waals surface area contributed by atoms with Crippen LogP contribution in [0.15, 0.2) is 0 Å². The molecular weight excluding hydrogens is 174 g/mol. The first-order valence-electron chi connectivity index (χ1n) is 6.01. The van der Waals surface area contributed by atoms with Crippen LogP contribution in [0.2, 0.25) is 0 Å². The van der Waals surface area contributed by atoms with E-state index in [0.29, 0.717) is 12.1 Å². The minimum Gasteiger partial charge on any atom is -0.379 e. The number of rotatable bonds is 9. The van der Waals surface area contributed by atoms with Gasteiger partial charge in [-0.2, -0.15) is 0 Å². The third-order valence-electron chi connectivity index (χ3n) is 2.24. The molecule has 0 saturated heterocycles. The second-order valence-corrected chi connectivity index (χ2v) is 4.27. The largest absolute Gasteiger partial charge is 0.379 e. The van der Waals surface area contributed by atoms with Gasteiger partial charge in [-0.15, -0.1) is 0 Å². The van der Waals surface area contributed by atoms with Gasteiger partial charge in [-0.25, -0.2) is 0 Å². The van der Waals surface area contributed by atoms with Crippen molar-refractivity contribution >= 4 is 0 Å². The minimum atomic E-state index is 0.377. The zero-order valence-corrected chi connectivity index (χ0v) is 10.3. The Morgan fingerprint density at radius 3 is 2.43 bits per heavy atom. The third-order valence-corrected chi connectivity index (χ3v) is 2.24. The Bertz CT molecular complexity index is 115. The average molecular weight is 201 g/mol. The van der Waals surface area contributed by atoms with Gasteiger partial charge >= 0.3 is 0 Å².